The highest BCUT2D eigenvalue weighted by atomic mass is 16.6. The first-order valence-electron chi connectivity index (χ1n) is 4.80. The second kappa shape index (κ2) is 3.89. The number of benzene rings is 1. The van der Waals surface area contributed by atoms with E-state index in [-0.39, 0.29) is 11.3 Å². The molecule has 6 nitrogen and oxygen atoms in total. The van der Waals surface area contributed by atoms with E-state index in [0.717, 1.165) is 0 Å². The molecule has 2 aromatic rings. The number of rotatable bonds is 2. The SMILES string of the molecule is COC(=O)c1c(C)oc2ccc([N+](=O)[O-])cc12. The zero-order chi connectivity index (χ0) is 12.6. The number of hydrogen-bond donors (Lipinski definition) is 0. The van der Waals surface area contributed by atoms with E-state index in [1.165, 1.54) is 25.3 Å². The molecule has 0 aliphatic heterocycles. The number of carbonyl (C=O) groups excluding carboxylic acids is 1. The average Bonchev–Trinajstić information content (AvgIpc) is 2.62. The fourth-order valence-corrected chi connectivity index (χ4v) is 1.68. The minimum Gasteiger partial charge on any atom is -0.465 e. The number of nitro groups is 1. The standard InChI is InChI=1S/C11H9NO5/c1-6-10(11(13)16-2)8-5-7(12(14)15)3-4-9(8)17-6/h3-5H,1-2H3. The average molecular weight is 235 g/mol. The van der Waals surface area contributed by atoms with Crippen LogP contribution in [0.5, 0.6) is 0 Å². The zero-order valence-corrected chi connectivity index (χ0v) is 9.22. The Labute approximate surface area is 95.9 Å². The van der Waals surface area contributed by atoms with Gasteiger partial charge in [0.1, 0.15) is 16.9 Å². The molecule has 1 aromatic heterocycles. The lowest BCUT2D eigenvalue weighted by Gasteiger charge is -1.96. The third kappa shape index (κ3) is 1.73. The van der Waals surface area contributed by atoms with Crippen LogP contribution in [0.25, 0.3) is 11.0 Å². The zero-order valence-electron chi connectivity index (χ0n) is 9.22. The maximum atomic E-state index is 11.5. The fourth-order valence-electron chi connectivity index (χ4n) is 1.68. The van der Waals surface area contributed by atoms with E-state index < -0.39 is 10.9 Å². The van der Waals surface area contributed by atoms with Crippen LogP contribution in [0.2, 0.25) is 0 Å². The summed E-state index contributed by atoms with van der Waals surface area (Å²) in [4.78, 5) is 21.7. The Kier molecular flexibility index (Phi) is 2.55. The van der Waals surface area contributed by atoms with Crippen LogP contribution in [-0.2, 0) is 4.74 Å². The third-order valence-electron chi connectivity index (χ3n) is 2.45. The first-order valence-corrected chi connectivity index (χ1v) is 4.80. The number of fused-ring (bicyclic) bond motifs is 1. The molecule has 0 aliphatic rings. The Morgan fingerprint density at radius 3 is 2.76 bits per heavy atom. The largest absolute Gasteiger partial charge is 0.465 e. The molecule has 17 heavy (non-hydrogen) atoms. The number of furan rings is 1. The quantitative estimate of drug-likeness (QED) is 0.453. The highest BCUT2D eigenvalue weighted by Crippen LogP contribution is 2.29. The molecular formula is C11H9NO5. The maximum absolute atomic E-state index is 11.5. The van der Waals surface area contributed by atoms with Gasteiger partial charge >= 0.3 is 5.97 Å². The second-order valence-electron chi connectivity index (χ2n) is 3.46. The molecule has 2 rings (SSSR count). The van der Waals surface area contributed by atoms with Crippen LogP contribution in [-0.4, -0.2) is 18.0 Å². The second-order valence-corrected chi connectivity index (χ2v) is 3.46. The van der Waals surface area contributed by atoms with Gasteiger partial charge in [0, 0.05) is 17.5 Å². The number of aryl methyl sites for hydroxylation is 1. The summed E-state index contributed by atoms with van der Waals surface area (Å²) >= 11 is 0. The summed E-state index contributed by atoms with van der Waals surface area (Å²) in [5.41, 5.74) is 0.558. The molecule has 0 spiro atoms. The third-order valence-corrected chi connectivity index (χ3v) is 2.45. The number of carbonyl (C=O) groups is 1. The van der Waals surface area contributed by atoms with Gasteiger partial charge in [0.15, 0.2) is 0 Å². The molecule has 0 N–H and O–H groups in total. The van der Waals surface area contributed by atoms with Crippen LogP contribution in [0.1, 0.15) is 16.1 Å². The molecule has 0 aliphatic carbocycles. The minimum atomic E-state index is -0.568. The number of ether oxygens (including phenoxy) is 1. The molecule has 0 saturated carbocycles. The summed E-state index contributed by atoms with van der Waals surface area (Å²) < 4.78 is 9.95. The maximum Gasteiger partial charge on any atom is 0.342 e. The van der Waals surface area contributed by atoms with Crippen LogP contribution >= 0.6 is 0 Å². The number of esters is 1. The monoisotopic (exact) mass is 235 g/mol. The van der Waals surface area contributed by atoms with Crippen LogP contribution < -0.4 is 0 Å². The molecule has 0 fully saturated rings. The van der Waals surface area contributed by atoms with Crippen molar-refractivity contribution in [2.24, 2.45) is 0 Å². The van der Waals surface area contributed by atoms with E-state index in [9.17, 15) is 14.9 Å². The molecule has 0 atom stereocenters. The first kappa shape index (κ1) is 11.1. The molecule has 1 heterocycles. The molecule has 6 heteroatoms. The Bertz CT molecular complexity index is 614. The highest BCUT2D eigenvalue weighted by molar-refractivity contribution is 6.05. The molecule has 0 amide bonds. The summed E-state index contributed by atoms with van der Waals surface area (Å²) in [6.45, 7) is 1.61. The van der Waals surface area contributed by atoms with E-state index in [4.69, 9.17) is 4.42 Å². The topological polar surface area (TPSA) is 82.6 Å². The molecule has 0 saturated heterocycles. The smallest absolute Gasteiger partial charge is 0.342 e. The predicted molar refractivity (Wildman–Crippen MR) is 58.9 cm³/mol. The number of nitrogens with zero attached hydrogens (tertiary/aromatic N) is 1. The van der Waals surface area contributed by atoms with Crippen molar-refractivity contribution >= 4 is 22.6 Å². The first-order chi connectivity index (χ1) is 8.04. The van der Waals surface area contributed by atoms with Crippen LogP contribution in [0.4, 0.5) is 5.69 Å². The normalized spacial score (nSPS) is 10.5. The van der Waals surface area contributed by atoms with Gasteiger partial charge in [-0.1, -0.05) is 0 Å². The van der Waals surface area contributed by atoms with Crippen molar-refractivity contribution in [3.05, 3.63) is 39.6 Å². The van der Waals surface area contributed by atoms with Gasteiger partial charge in [-0.3, -0.25) is 10.1 Å². The van der Waals surface area contributed by atoms with Crippen molar-refractivity contribution in [2.75, 3.05) is 7.11 Å². The number of non-ortho nitro benzene ring substituents is 1. The van der Waals surface area contributed by atoms with Gasteiger partial charge in [-0.25, -0.2) is 4.79 Å². The van der Waals surface area contributed by atoms with Crippen molar-refractivity contribution in [3.63, 3.8) is 0 Å². The number of methoxy groups -OCH3 is 1. The molecule has 0 bridgehead atoms. The summed E-state index contributed by atoms with van der Waals surface area (Å²) in [7, 11) is 1.25. The van der Waals surface area contributed by atoms with Gasteiger partial charge in [-0.2, -0.15) is 0 Å². The van der Waals surface area contributed by atoms with E-state index in [1.807, 2.05) is 0 Å². The molecule has 88 valence electrons. The van der Waals surface area contributed by atoms with Gasteiger partial charge in [-0.15, -0.1) is 0 Å². The summed E-state index contributed by atoms with van der Waals surface area (Å²) in [6, 6.07) is 4.09. The van der Waals surface area contributed by atoms with Crippen molar-refractivity contribution in [3.8, 4) is 0 Å². The minimum absolute atomic E-state index is 0.0940. The van der Waals surface area contributed by atoms with E-state index in [2.05, 4.69) is 4.74 Å². The predicted octanol–water partition coefficient (Wildman–Crippen LogP) is 2.44. The molecular weight excluding hydrogens is 226 g/mol. The Morgan fingerprint density at radius 2 is 2.18 bits per heavy atom. The highest BCUT2D eigenvalue weighted by Gasteiger charge is 2.20. The van der Waals surface area contributed by atoms with Crippen molar-refractivity contribution in [1.29, 1.82) is 0 Å². The van der Waals surface area contributed by atoms with Gasteiger partial charge in [0.25, 0.3) is 5.69 Å². The molecule has 1 aromatic carbocycles. The summed E-state index contributed by atoms with van der Waals surface area (Å²) in [5, 5.41) is 11.1. The van der Waals surface area contributed by atoms with Crippen LogP contribution in [0.15, 0.2) is 22.6 Å². The Hall–Kier alpha value is -2.37. The van der Waals surface area contributed by atoms with Crippen molar-refractivity contribution in [1.82, 2.24) is 0 Å². The lowest BCUT2D eigenvalue weighted by molar-refractivity contribution is -0.384. The van der Waals surface area contributed by atoms with Crippen molar-refractivity contribution in [2.45, 2.75) is 6.92 Å². The van der Waals surface area contributed by atoms with E-state index in [0.29, 0.717) is 16.7 Å². The number of nitro benzene ring substituents is 1. The Morgan fingerprint density at radius 1 is 1.47 bits per heavy atom. The Balaban J connectivity index is 2.73. The van der Waals surface area contributed by atoms with Gasteiger partial charge < -0.3 is 9.15 Å². The number of hydrogen-bond acceptors (Lipinski definition) is 5. The van der Waals surface area contributed by atoms with Gasteiger partial charge in [-0.05, 0) is 13.0 Å². The van der Waals surface area contributed by atoms with Crippen molar-refractivity contribution < 1.29 is 18.9 Å². The van der Waals surface area contributed by atoms with Crippen LogP contribution in [0.3, 0.4) is 0 Å². The van der Waals surface area contributed by atoms with Gasteiger partial charge in [0.2, 0.25) is 0 Å². The lowest BCUT2D eigenvalue weighted by atomic mass is 10.1. The van der Waals surface area contributed by atoms with E-state index >= 15 is 0 Å². The van der Waals surface area contributed by atoms with Crippen LogP contribution in [0, 0.1) is 17.0 Å². The van der Waals surface area contributed by atoms with Gasteiger partial charge in [0.05, 0.1) is 12.0 Å². The summed E-state index contributed by atoms with van der Waals surface area (Å²) in [5.74, 6) is -0.186. The summed E-state index contributed by atoms with van der Waals surface area (Å²) in [6.07, 6.45) is 0. The van der Waals surface area contributed by atoms with E-state index in [1.54, 1.807) is 6.92 Å². The molecule has 0 radical (unpaired) electrons. The lowest BCUT2D eigenvalue weighted by Crippen LogP contribution is -2.01. The molecule has 0 unspecified atom stereocenters. The fraction of sp³-hybridized carbons (Fsp3) is 0.182.